The molecule has 0 fully saturated rings. The second-order valence-corrected chi connectivity index (χ2v) is 4.13. The molecule has 90 valence electrons. The van der Waals surface area contributed by atoms with E-state index in [1.807, 2.05) is 20.9 Å². The van der Waals surface area contributed by atoms with Gasteiger partial charge in [-0.25, -0.2) is 0 Å². The van der Waals surface area contributed by atoms with Crippen molar-refractivity contribution in [2.45, 2.75) is 19.8 Å². The summed E-state index contributed by atoms with van der Waals surface area (Å²) >= 11 is 0. The number of methoxy groups -OCH3 is 1. The summed E-state index contributed by atoms with van der Waals surface area (Å²) in [7, 11) is 3.58. The van der Waals surface area contributed by atoms with Crippen molar-refractivity contribution in [3.8, 4) is 5.75 Å². The number of hydrogen-bond donors (Lipinski definition) is 2. The van der Waals surface area contributed by atoms with Crippen LogP contribution in [0.4, 0.5) is 0 Å². The van der Waals surface area contributed by atoms with Gasteiger partial charge in [0.2, 0.25) is 0 Å². The predicted molar refractivity (Wildman–Crippen MR) is 66.2 cm³/mol. The lowest BCUT2D eigenvalue weighted by Gasteiger charge is -2.17. The van der Waals surface area contributed by atoms with Gasteiger partial charge in [0.25, 0.3) is 0 Å². The minimum Gasteiger partial charge on any atom is -0.496 e. The van der Waals surface area contributed by atoms with Crippen molar-refractivity contribution in [3.63, 3.8) is 0 Å². The van der Waals surface area contributed by atoms with Crippen molar-refractivity contribution in [1.29, 1.82) is 0 Å². The van der Waals surface area contributed by atoms with Crippen LogP contribution in [0.3, 0.4) is 0 Å². The average molecular weight is 223 g/mol. The normalized spacial score (nSPS) is 12.6. The number of aryl methyl sites for hydroxylation is 2. The van der Waals surface area contributed by atoms with E-state index in [4.69, 9.17) is 4.74 Å². The third-order valence-electron chi connectivity index (χ3n) is 2.83. The molecule has 1 atom stereocenters. The third-order valence-corrected chi connectivity index (χ3v) is 2.83. The number of nitrogens with one attached hydrogen (secondary N) is 1. The molecular formula is C13H21NO2. The Balaban J connectivity index is 3.06. The Morgan fingerprint density at radius 2 is 1.88 bits per heavy atom. The Bertz CT molecular complexity index is 327. The summed E-state index contributed by atoms with van der Waals surface area (Å²) in [6, 6.07) is 4.17. The fraction of sp³-hybridized carbons (Fsp3) is 0.538. The monoisotopic (exact) mass is 223 g/mol. The van der Waals surface area contributed by atoms with Gasteiger partial charge in [0.1, 0.15) is 5.75 Å². The van der Waals surface area contributed by atoms with Crippen molar-refractivity contribution in [2.75, 3.05) is 27.3 Å². The first-order chi connectivity index (χ1) is 7.63. The fourth-order valence-corrected chi connectivity index (χ4v) is 2.08. The molecule has 0 radical (unpaired) electrons. The van der Waals surface area contributed by atoms with Crippen LogP contribution in [-0.2, 0) is 0 Å². The van der Waals surface area contributed by atoms with E-state index < -0.39 is 0 Å². The minimum atomic E-state index is 0.147. The molecular weight excluding hydrogens is 202 g/mol. The largest absolute Gasteiger partial charge is 0.496 e. The molecule has 0 heterocycles. The van der Waals surface area contributed by atoms with Crippen LogP contribution in [-0.4, -0.2) is 32.4 Å². The molecule has 1 unspecified atom stereocenters. The number of rotatable bonds is 5. The number of ether oxygens (including phenoxy) is 1. The van der Waals surface area contributed by atoms with Gasteiger partial charge >= 0.3 is 0 Å². The molecule has 3 heteroatoms. The highest BCUT2D eigenvalue weighted by Crippen LogP contribution is 2.27. The first-order valence-corrected chi connectivity index (χ1v) is 5.54. The van der Waals surface area contributed by atoms with E-state index in [0.29, 0.717) is 0 Å². The zero-order valence-electron chi connectivity index (χ0n) is 10.5. The van der Waals surface area contributed by atoms with E-state index in [-0.39, 0.29) is 12.5 Å². The lowest BCUT2D eigenvalue weighted by Crippen LogP contribution is -2.20. The number of aliphatic hydroxyl groups is 1. The molecule has 0 aliphatic rings. The van der Waals surface area contributed by atoms with Crippen LogP contribution in [0.25, 0.3) is 0 Å². The second kappa shape index (κ2) is 5.87. The topological polar surface area (TPSA) is 41.5 Å². The molecule has 0 bridgehead atoms. The number of aliphatic hydroxyl groups excluding tert-OH is 1. The summed E-state index contributed by atoms with van der Waals surface area (Å²) in [5.74, 6) is 1.08. The van der Waals surface area contributed by atoms with Gasteiger partial charge in [-0.1, -0.05) is 12.1 Å². The molecule has 0 amide bonds. The van der Waals surface area contributed by atoms with Crippen LogP contribution in [0.1, 0.15) is 22.6 Å². The molecule has 2 N–H and O–H groups in total. The summed E-state index contributed by atoms with van der Waals surface area (Å²) in [5, 5.41) is 12.4. The standard InChI is InChI=1S/C13H21NO2/c1-9-5-11(12(8-15)7-14-3)6-10(2)13(9)16-4/h5-6,12,14-15H,7-8H2,1-4H3. The van der Waals surface area contributed by atoms with Gasteiger partial charge in [0.15, 0.2) is 0 Å². The molecule has 3 nitrogen and oxygen atoms in total. The minimum absolute atomic E-state index is 0.147. The van der Waals surface area contributed by atoms with Crippen molar-refractivity contribution in [3.05, 3.63) is 28.8 Å². The summed E-state index contributed by atoms with van der Waals surface area (Å²) in [4.78, 5) is 0. The zero-order chi connectivity index (χ0) is 12.1. The molecule has 1 rings (SSSR count). The lowest BCUT2D eigenvalue weighted by molar-refractivity contribution is 0.263. The molecule has 0 saturated carbocycles. The smallest absolute Gasteiger partial charge is 0.124 e. The van der Waals surface area contributed by atoms with Crippen LogP contribution < -0.4 is 10.1 Å². The van der Waals surface area contributed by atoms with Gasteiger partial charge in [0.05, 0.1) is 13.7 Å². The Labute approximate surface area is 97.4 Å². The van der Waals surface area contributed by atoms with E-state index in [1.165, 1.54) is 0 Å². The van der Waals surface area contributed by atoms with Gasteiger partial charge < -0.3 is 15.2 Å². The van der Waals surface area contributed by atoms with E-state index in [2.05, 4.69) is 17.4 Å². The zero-order valence-corrected chi connectivity index (χ0v) is 10.5. The molecule has 0 aliphatic carbocycles. The molecule has 0 spiro atoms. The predicted octanol–water partition coefficient (Wildman–Crippen LogP) is 1.61. The molecule has 1 aromatic rings. The first kappa shape index (κ1) is 13.0. The molecule has 0 aromatic heterocycles. The second-order valence-electron chi connectivity index (χ2n) is 4.13. The van der Waals surface area contributed by atoms with E-state index in [1.54, 1.807) is 7.11 Å². The maximum atomic E-state index is 9.35. The highest BCUT2D eigenvalue weighted by Gasteiger charge is 2.13. The number of hydrogen-bond acceptors (Lipinski definition) is 3. The highest BCUT2D eigenvalue weighted by molar-refractivity contribution is 5.44. The van der Waals surface area contributed by atoms with Crippen LogP contribution in [0.5, 0.6) is 5.75 Å². The van der Waals surface area contributed by atoms with Crippen molar-refractivity contribution in [2.24, 2.45) is 0 Å². The summed E-state index contributed by atoms with van der Waals surface area (Å²) in [6.07, 6.45) is 0. The third kappa shape index (κ3) is 2.74. The van der Waals surface area contributed by atoms with Crippen molar-refractivity contribution < 1.29 is 9.84 Å². The van der Waals surface area contributed by atoms with Gasteiger partial charge in [-0.3, -0.25) is 0 Å². The maximum absolute atomic E-state index is 9.35. The van der Waals surface area contributed by atoms with E-state index >= 15 is 0 Å². The Morgan fingerprint density at radius 3 is 2.25 bits per heavy atom. The first-order valence-electron chi connectivity index (χ1n) is 5.54. The number of likely N-dealkylation sites (N-methyl/N-ethyl adjacent to an activating group) is 1. The summed E-state index contributed by atoms with van der Waals surface area (Å²) in [5.41, 5.74) is 3.40. The van der Waals surface area contributed by atoms with Crippen molar-refractivity contribution in [1.82, 2.24) is 5.32 Å². The molecule has 0 aliphatic heterocycles. The van der Waals surface area contributed by atoms with Crippen LogP contribution >= 0.6 is 0 Å². The lowest BCUT2D eigenvalue weighted by atomic mass is 9.95. The Morgan fingerprint density at radius 1 is 1.31 bits per heavy atom. The van der Waals surface area contributed by atoms with Gasteiger partial charge in [-0.05, 0) is 37.6 Å². The van der Waals surface area contributed by atoms with Gasteiger partial charge in [-0.15, -0.1) is 0 Å². The summed E-state index contributed by atoms with van der Waals surface area (Å²) in [6.45, 7) is 5.00. The van der Waals surface area contributed by atoms with Crippen LogP contribution in [0.15, 0.2) is 12.1 Å². The quantitative estimate of drug-likeness (QED) is 0.797. The van der Waals surface area contributed by atoms with E-state index in [0.717, 1.165) is 29.0 Å². The van der Waals surface area contributed by atoms with Gasteiger partial charge in [-0.2, -0.15) is 0 Å². The van der Waals surface area contributed by atoms with E-state index in [9.17, 15) is 5.11 Å². The van der Waals surface area contributed by atoms with Crippen LogP contribution in [0.2, 0.25) is 0 Å². The molecule has 1 aromatic carbocycles. The average Bonchev–Trinajstić information content (AvgIpc) is 2.25. The SMILES string of the molecule is CNCC(CO)c1cc(C)c(OC)c(C)c1. The summed E-state index contributed by atoms with van der Waals surface area (Å²) < 4.78 is 5.33. The molecule has 16 heavy (non-hydrogen) atoms. The Kier molecular flexibility index (Phi) is 4.77. The Hall–Kier alpha value is -1.06. The van der Waals surface area contributed by atoms with Gasteiger partial charge in [0, 0.05) is 12.5 Å². The number of benzene rings is 1. The van der Waals surface area contributed by atoms with Crippen LogP contribution in [0, 0.1) is 13.8 Å². The fourth-order valence-electron chi connectivity index (χ4n) is 2.08. The maximum Gasteiger partial charge on any atom is 0.124 e. The van der Waals surface area contributed by atoms with Crippen molar-refractivity contribution >= 4 is 0 Å². The molecule has 0 saturated heterocycles. The highest BCUT2D eigenvalue weighted by atomic mass is 16.5.